The Kier molecular flexibility index (Phi) is 7.18. The van der Waals surface area contributed by atoms with Gasteiger partial charge in [-0.05, 0) is 38.5 Å². The number of aliphatic imine (C=N–C) groups is 1. The van der Waals surface area contributed by atoms with Gasteiger partial charge >= 0.3 is 6.09 Å². The molecule has 1 aromatic carbocycles. The molecule has 2 aliphatic heterocycles. The van der Waals surface area contributed by atoms with E-state index in [9.17, 15) is 4.79 Å². The van der Waals surface area contributed by atoms with E-state index in [4.69, 9.17) is 4.74 Å². The highest BCUT2D eigenvalue weighted by Gasteiger charge is 2.36. The normalized spacial score (nSPS) is 19.4. The third-order valence-corrected chi connectivity index (χ3v) is 4.75. The molecule has 0 aliphatic carbocycles. The lowest BCUT2D eigenvalue weighted by Crippen LogP contribution is -2.57. The number of amides is 1. The summed E-state index contributed by atoms with van der Waals surface area (Å²) >= 11 is 3.45. The largest absolute Gasteiger partial charge is 0.444 e. The van der Waals surface area contributed by atoms with Crippen LogP contribution in [0.25, 0.3) is 0 Å². The van der Waals surface area contributed by atoms with Gasteiger partial charge in [0, 0.05) is 30.7 Å². The second kappa shape index (κ2) is 8.77. The monoisotopic (exact) mass is 536 g/mol. The molecule has 0 saturated carbocycles. The van der Waals surface area contributed by atoms with Crippen molar-refractivity contribution in [2.24, 2.45) is 4.99 Å². The number of rotatable bonds is 2. The van der Waals surface area contributed by atoms with Crippen molar-refractivity contribution < 1.29 is 9.53 Å². The van der Waals surface area contributed by atoms with E-state index in [0.717, 1.165) is 23.5 Å². The predicted octanol–water partition coefficient (Wildman–Crippen LogP) is 3.45. The minimum atomic E-state index is -0.461. The van der Waals surface area contributed by atoms with Gasteiger partial charge in [-0.1, -0.05) is 28.1 Å². The minimum absolute atomic E-state index is 0. The molecule has 1 unspecified atom stereocenters. The number of ether oxygens (including phenoxy) is 1. The number of carbonyl (C=O) groups excluding carboxylic acids is 1. The number of guanidine groups is 1. The van der Waals surface area contributed by atoms with Crippen molar-refractivity contribution in [1.29, 1.82) is 0 Å². The number of hydrogen-bond donors (Lipinski definition) is 1. The lowest BCUT2D eigenvalue weighted by molar-refractivity contribution is 0.0137. The third-order valence-electron chi connectivity index (χ3n) is 4.22. The lowest BCUT2D eigenvalue weighted by atomic mass is 10.2. The maximum atomic E-state index is 12.3. The number of hydrogen-bond acceptors (Lipinski definition) is 5. The fourth-order valence-electron chi connectivity index (χ4n) is 3.01. The summed E-state index contributed by atoms with van der Waals surface area (Å²) in [6.45, 7) is 9.22. The van der Waals surface area contributed by atoms with Crippen LogP contribution in [0, 0.1) is 0 Å². The molecule has 0 spiro atoms. The molecule has 1 fully saturated rings. The van der Waals surface area contributed by atoms with Crippen LogP contribution in [0.3, 0.4) is 0 Å². The molecule has 8 heteroatoms. The van der Waals surface area contributed by atoms with Crippen LogP contribution in [0.15, 0.2) is 33.7 Å². The van der Waals surface area contributed by atoms with Crippen molar-refractivity contribution in [2.75, 3.05) is 26.2 Å². The third kappa shape index (κ3) is 5.48. The van der Waals surface area contributed by atoms with Gasteiger partial charge in [0.05, 0.1) is 12.6 Å². The first-order valence-electron chi connectivity index (χ1n) is 8.59. The molecule has 1 saturated heterocycles. The van der Waals surface area contributed by atoms with E-state index in [1.807, 2.05) is 32.9 Å². The van der Waals surface area contributed by atoms with Gasteiger partial charge in [-0.25, -0.2) is 4.79 Å². The number of nitrogens with zero attached hydrogens (tertiary/aromatic N) is 3. The molecule has 1 amide bonds. The number of fused-ring (bicyclic) bond motifs is 1. The fraction of sp³-hybridized carbons (Fsp3) is 0.556. The molecule has 0 bridgehead atoms. The van der Waals surface area contributed by atoms with Gasteiger partial charge in [0.25, 0.3) is 0 Å². The summed E-state index contributed by atoms with van der Waals surface area (Å²) in [5.41, 5.74) is 0.749. The molecule has 2 heterocycles. The van der Waals surface area contributed by atoms with Gasteiger partial charge < -0.3 is 19.9 Å². The summed E-state index contributed by atoms with van der Waals surface area (Å²) in [6.07, 6.45) is -0.233. The first-order valence-corrected chi connectivity index (χ1v) is 9.38. The number of halogens is 2. The zero-order valence-electron chi connectivity index (χ0n) is 15.4. The van der Waals surface area contributed by atoms with Gasteiger partial charge in [-0.15, -0.1) is 24.0 Å². The Morgan fingerprint density at radius 2 is 2.00 bits per heavy atom. The molecular formula is C18H26BrIN4O2. The summed E-state index contributed by atoms with van der Waals surface area (Å²) in [5, 5.41) is 3.42. The average Bonchev–Trinajstić information content (AvgIpc) is 2.95. The zero-order valence-corrected chi connectivity index (χ0v) is 19.3. The molecule has 2 aliphatic rings. The summed E-state index contributed by atoms with van der Waals surface area (Å²) < 4.78 is 6.56. The Morgan fingerprint density at radius 1 is 1.31 bits per heavy atom. The summed E-state index contributed by atoms with van der Waals surface area (Å²) in [4.78, 5) is 20.9. The van der Waals surface area contributed by atoms with Crippen molar-refractivity contribution >= 4 is 52.0 Å². The van der Waals surface area contributed by atoms with Crippen LogP contribution < -0.4 is 5.32 Å². The molecule has 1 aromatic rings. The standard InChI is InChI=1S/C18H25BrN4O2.HI/c1-18(2,3)25-17(24)22-8-9-23-15(12-22)11-21-16(23)20-10-13-4-6-14(19)7-5-13;/h4-7,15H,8-12H2,1-3H3,(H,20,21);1H. The Labute approximate surface area is 180 Å². The van der Waals surface area contributed by atoms with Gasteiger partial charge in [0.1, 0.15) is 5.60 Å². The molecule has 3 rings (SSSR count). The zero-order chi connectivity index (χ0) is 18.0. The van der Waals surface area contributed by atoms with Crippen molar-refractivity contribution in [2.45, 2.75) is 39.0 Å². The number of benzene rings is 1. The molecule has 144 valence electrons. The maximum absolute atomic E-state index is 12.3. The smallest absolute Gasteiger partial charge is 0.410 e. The van der Waals surface area contributed by atoms with Gasteiger partial charge in [0.15, 0.2) is 5.96 Å². The Balaban J connectivity index is 0.00000243. The first kappa shape index (κ1) is 21.3. The van der Waals surface area contributed by atoms with Crippen molar-refractivity contribution in [3.63, 3.8) is 0 Å². The van der Waals surface area contributed by atoms with E-state index in [2.05, 4.69) is 43.3 Å². The molecule has 26 heavy (non-hydrogen) atoms. The molecular weight excluding hydrogens is 511 g/mol. The van der Waals surface area contributed by atoms with E-state index in [1.54, 1.807) is 4.90 Å². The predicted molar refractivity (Wildman–Crippen MR) is 117 cm³/mol. The van der Waals surface area contributed by atoms with Gasteiger partial charge in [0.2, 0.25) is 0 Å². The second-order valence-corrected chi connectivity index (χ2v) is 8.33. The SMILES string of the molecule is CC(C)(C)OC(=O)N1CCN2C(NCc3ccc(Br)cc3)=NCC2C1.I. The average molecular weight is 537 g/mol. The van der Waals surface area contributed by atoms with E-state index < -0.39 is 5.60 Å². The Bertz CT molecular complexity index is 660. The second-order valence-electron chi connectivity index (χ2n) is 7.42. The molecule has 0 radical (unpaired) electrons. The van der Waals surface area contributed by atoms with Crippen LogP contribution in [0.4, 0.5) is 4.79 Å². The van der Waals surface area contributed by atoms with Crippen LogP contribution in [0.5, 0.6) is 0 Å². The van der Waals surface area contributed by atoms with Crippen LogP contribution in [0.1, 0.15) is 26.3 Å². The van der Waals surface area contributed by atoms with Crippen LogP contribution in [0.2, 0.25) is 0 Å². The van der Waals surface area contributed by atoms with Crippen LogP contribution in [-0.4, -0.2) is 59.7 Å². The molecule has 1 N–H and O–H groups in total. The highest BCUT2D eigenvalue weighted by Crippen LogP contribution is 2.19. The molecule has 0 aromatic heterocycles. The minimum Gasteiger partial charge on any atom is -0.444 e. The lowest BCUT2D eigenvalue weighted by Gasteiger charge is -2.39. The Hall–Kier alpha value is -1.03. The maximum Gasteiger partial charge on any atom is 0.410 e. The Morgan fingerprint density at radius 3 is 2.65 bits per heavy atom. The van der Waals surface area contributed by atoms with E-state index in [-0.39, 0.29) is 36.1 Å². The van der Waals surface area contributed by atoms with Gasteiger partial charge in [-0.3, -0.25) is 4.99 Å². The molecule has 6 nitrogen and oxygen atoms in total. The van der Waals surface area contributed by atoms with Crippen LogP contribution >= 0.6 is 39.9 Å². The highest BCUT2D eigenvalue weighted by atomic mass is 127. The highest BCUT2D eigenvalue weighted by molar-refractivity contribution is 14.0. The van der Waals surface area contributed by atoms with Crippen molar-refractivity contribution in [3.05, 3.63) is 34.3 Å². The van der Waals surface area contributed by atoms with Crippen molar-refractivity contribution in [1.82, 2.24) is 15.1 Å². The number of carbonyl (C=O) groups is 1. The summed E-state index contributed by atoms with van der Waals surface area (Å²) in [5.74, 6) is 0.928. The van der Waals surface area contributed by atoms with E-state index >= 15 is 0 Å². The van der Waals surface area contributed by atoms with Crippen molar-refractivity contribution in [3.8, 4) is 0 Å². The van der Waals surface area contributed by atoms with E-state index in [1.165, 1.54) is 5.56 Å². The van der Waals surface area contributed by atoms with Crippen LogP contribution in [-0.2, 0) is 11.3 Å². The fourth-order valence-corrected chi connectivity index (χ4v) is 3.27. The first-order chi connectivity index (χ1) is 11.8. The number of nitrogens with one attached hydrogen (secondary N) is 1. The molecule has 1 atom stereocenters. The quantitative estimate of drug-likeness (QED) is 0.588. The summed E-state index contributed by atoms with van der Waals surface area (Å²) in [6, 6.07) is 8.48. The number of piperazine rings is 1. The summed E-state index contributed by atoms with van der Waals surface area (Å²) in [7, 11) is 0. The van der Waals surface area contributed by atoms with E-state index in [0.29, 0.717) is 19.6 Å². The van der Waals surface area contributed by atoms with Gasteiger partial charge in [-0.2, -0.15) is 0 Å². The topological polar surface area (TPSA) is 57.2 Å².